The molecule has 1 saturated heterocycles. The molecule has 1 amide bonds. The van der Waals surface area contributed by atoms with E-state index in [4.69, 9.17) is 9.84 Å². The van der Waals surface area contributed by atoms with Crippen LogP contribution in [0, 0.1) is 0 Å². The summed E-state index contributed by atoms with van der Waals surface area (Å²) >= 11 is 1.34. The first-order chi connectivity index (χ1) is 17.2. The van der Waals surface area contributed by atoms with Crippen LogP contribution in [0.1, 0.15) is 17.9 Å². The number of carbonyl (C=O) groups excluding carboxylic acids is 1. The van der Waals surface area contributed by atoms with E-state index in [9.17, 15) is 4.79 Å². The average molecular weight is 508 g/mol. The summed E-state index contributed by atoms with van der Waals surface area (Å²) in [5.74, 6) is 0.381. The van der Waals surface area contributed by atoms with Crippen LogP contribution in [0.5, 0.6) is 5.75 Å². The number of hydrogen-bond donors (Lipinski definition) is 3. The van der Waals surface area contributed by atoms with E-state index in [-0.39, 0.29) is 26.5 Å². The highest BCUT2D eigenvalue weighted by atomic mass is 32.1. The van der Waals surface area contributed by atoms with Crippen molar-refractivity contribution in [2.24, 2.45) is 0 Å². The Labute approximate surface area is 213 Å². The smallest absolute Gasteiger partial charge is 0.275 e. The van der Waals surface area contributed by atoms with Gasteiger partial charge in [-0.25, -0.2) is 9.67 Å². The van der Waals surface area contributed by atoms with Crippen molar-refractivity contribution in [1.82, 2.24) is 25.1 Å². The molecule has 1 fully saturated rings. The van der Waals surface area contributed by atoms with Gasteiger partial charge in [0.1, 0.15) is 18.1 Å². The predicted molar refractivity (Wildman–Crippen MR) is 141 cm³/mol. The van der Waals surface area contributed by atoms with Crippen molar-refractivity contribution in [1.29, 1.82) is 0 Å². The van der Waals surface area contributed by atoms with E-state index >= 15 is 0 Å². The zero-order valence-electron chi connectivity index (χ0n) is 18.9. The summed E-state index contributed by atoms with van der Waals surface area (Å²) in [5.41, 5.74) is 3.75. The number of amides is 1. The number of benzene rings is 1. The summed E-state index contributed by atoms with van der Waals surface area (Å²) in [6.07, 6.45) is 7.00. The molecule has 0 atom stereocenters. The fourth-order valence-electron chi connectivity index (χ4n) is 3.83. The second kappa shape index (κ2) is 11.8. The maximum Gasteiger partial charge on any atom is 0.275 e. The normalized spacial score (nSPS) is 13.2. The summed E-state index contributed by atoms with van der Waals surface area (Å²) in [4.78, 5) is 23.9. The molecule has 1 aromatic carbocycles. The van der Waals surface area contributed by atoms with E-state index in [1.807, 2.05) is 36.5 Å². The van der Waals surface area contributed by atoms with E-state index in [0.29, 0.717) is 22.3 Å². The lowest BCUT2D eigenvalue weighted by Gasteiger charge is -2.30. The minimum Gasteiger partial charge on any atom is -0.491 e. The van der Waals surface area contributed by atoms with E-state index in [2.05, 4.69) is 30.6 Å². The molecular formula is C25H29N7O3S. The third-order valence-corrected chi connectivity index (χ3v) is 6.36. The third-order valence-electron chi connectivity index (χ3n) is 5.53. The SMILES string of the molecule is C.O=C(Nc1cnccc1N1CCNCC1)c1csc(-n2cc(-c3cccc(OCCO)c3)cn2)n1. The summed E-state index contributed by atoms with van der Waals surface area (Å²) in [6, 6.07) is 9.49. The van der Waals surface area contributed by atoms with Gasteiger partial charge >= 0.3 is 0 Å². The topological polar surface area (TPSA) is 117 Å². The van der Waals surface area contributed by atoms with E-state index < -0.39 is 0 Å². The Morgan fingerprint density at radius 2 is 2.06 bits per heavy atom. The number of carbonyl (C=O) groups is 1. The number of nitrogens with one attached hydrogen (secondary N) is 2. The fraction of sp³-hybridized carbons (Fsp3) is 0.280. The van der Waals surface area contributed by atoms with Crippen molar-refractivity contribution < 1.29 is 14.6 Å². The lowest BCUT2D eigenvalue weighted by Crippen LogP contribution is -2.43. The van der Waals surface area contributed by atoms with Gasteiger partial charge in [-0.3, -0.25) is 9.78 Å². The summed E-state index contributed by atoms with van der Waals surface area (Å²) < 4.78 is 7.14. The lowest BCUT2D eigenvalue weighted by molar-refractivity contribution is 0.102. The highest BCUT2D eigenvalue weighted by molar-refractivity contribution is 7.12. The summed E-state index contributed by atoms with van der Waals surface area (Å²) in [7, 11) is 0. The van der Waals surface area contributed by atoms with Gasteiger partial charge in [-0.15, -0.1) is 11.3 Å². The number of thiazole rings is 1. The number of hydrogen-bond acceptors (Lipinski definition) is 9. The minimum atomic E-state index is -0.294. The number of aliphatic hydroxyl groups excluding tert-OH is 1. The number of piperazine rings is 1. The van der Waals surface area contributed by atoms with Crippen molar-refractivity contribution >= 4 is 28.6 Å². The Hall–Kier alpha value is -3.80. The Morgan fingerprint density at radius 1 is 1.19 bits per heavy atom. The zero-order valence-corrected chi connectivity index (χ0v) is 19.7. The highest BCUT2D eigenvalue weighted by Crippen LogP contribution is 2.27. The molecule has 0 saturated carbocycles. The van der Waals surface area contributed by atoms with Gasteiger partial charge in [0.2, 0.25) is 5.13 Å². The average Bonchev–Trinajstić information content (AvgIpc) is 3.59. The van der Waals surface area contributed by atoms with Crippen molar-refractivity contribution in [2.45, 2.75) is 7.43 Å². The molecule has 36 heavy (non-hydrogen) atoms. The molecular weight excluding hydrogens is 478 g/mol. The van der Waals surface area contributed by atoms with Gasteiger partial charge in [-0.1, -0.05) is 19.6 Å². The Bertz CT molecular complexity index is 1300. The minimum absolute atomic E-state index is 0. The summed E-state index contributed by atoms with van der Waals surface area (Å²) in [6.45, 7) is 3.73. The predicted octanol–water partition coefficient (Wildman–Crippen LogP) is 3.06. The molecule has 3 N–H and O–H groups in total. The van der Waals surface area contributed by atoms with E-state index in [1.54, 1.807) is 28.7 Å². The van der Waals surface area contributed by atoms with Crippen LogP contribution in [0.3, 0.4) is 0 Å². The van der Waals surface area contributed by atoms with Crippen LogP contribution in [0.2, 0.25) is 0 Å². The molecule has 4 heterocycles. The Balaban J connectivity index is 0.00000304. The van der Waals surface area contributed by atoms with Crippen molar-refractivity contribution in [3.63, 3.8) is 0 Å². The molecule has 4 aromatic rings. The second-order valence-electron chi connectivity index (χ2n) is 7.87. The van der Waals surface area contributed by atoms with Crippen LogP contribution in [0.25, 0.3) is 16.3 Å². The Kier molecular flexibility index (Phi) is 8.26. The van der Waals surface area contributed by atoms with Gasteiger partial charge < -0.3 is 25.4 Å². The molecule has 0 aliphatic carbocycles. The number of aromatic nitrogens is 4. The molecule has 188 valence electrons. The first-order valence-electron chi connectivity index (χ1n) is 11.3. The van der Waals surface area contributed by atoms with Gasteiger partial charge in [-0.2, -0.15) is 5.10 Å². The van der Waals surface area contributed by atoms with Crippen LogP contribution in [-0.4, -0.2) is 70.2 Å². The van der Waals surface area contributed by atoms with Crippen LogP contribution in [0.4, 0.5) is 11.4 Å². The Morgan fingerprint density at radius 3 is 2.89 bits per heavy atom. The van der Waals surface area contributed by atoms with Gasteiger partial charge in [0, 0.05) is 49.5 Å². The first kappa shape index (κ1) is 25.3. The van der Waals surface area contributed by atoms with Crippen molar-refractivity contribution in [3.05, 3.63) is 66.2 Å². The van der Waals surface area contributed by atoms with Crippen LogP contribution in [0.15, 0.2) is 60.5 Å². The largest absolute Gasteiger partial charge is 0.491 e. The standard InChI is InChI=1S/C24H25N7O3S.CH4/c32-10-11-34-19-3-1-2-17(12-19)18-13-27-31(15-18)24-29-21(16-35-24)23(33)28-20-14-26-5-4-22(20)30-8-6-25-7-9-30;/h1-5,12-16,25,32H,6-11H2,(H,28,33);1H4. The monoisotopic (exact) mass is 507 g/mol. The number of aliphatic hydroxyl groups is 1. The van der Waals surface area contributed by atoms with Crippen molar-refractivity contribution in [2.75, 3.05) is 49.6 Å². The molecule has 1 aliphatic rings. The fourth-order valence-corrected chi connectivity index (χ4v) is 4.57. The lowest BCUT2D eigenvalue weighted by atomic mass is 10.1. The molecule has 10 nitrogen and oxygen atoms in total. The molecule has 1 aliphatic heterocycles. The van der Waals surface area contributed by atoms with Gasteiger partial charge in [0.15, 0.2) is 0 Å². The number of nitrogens with zero attached hydrogens (tertiary/aromatic N) is 5. The highest BCUT2D eigenvalue weighted by Gasteiger charge is 2.18. The first-order valence-corrected chi connectivity index (χ1v) is 12.1. The maximum absolute atomic E-state index is 13.0. The molecule has 0 spiro atoms. The van der Waals surface area contributed by atoms with Crippen LogP contribution in [-0.2, 0) is 0 Å². The van der Waals surface area contributed by atoms with Crippen LogP contribution < -0.4 is 20.3 Å². The van der Waals surface area contributed by atoms with E-state index in [0.717, 1.165) is 43.0 Å². The van der Waals surface area contributed by atoms with Crippen molar-refractivity contribution in [3.8, 4) is 22.0 Å². The quantitative estimate of drug-likeness (QED) is 0.333. The third kappa shape index (κ3) is 5.70. The number of rotatable bonds is 8. The van der Waals surface area contributed by atoms with Crippen LogP contribution >= 0.6 is 11.3 Å². The van der Waals surface area contributed by atoms with Gasteiger partial charge in [0.25, 0.3) is 5.91 Å². The maximum atomic E-state index is 13.0. The molecule has 0 radical (unpaired) electrons. The molecule has 0 unspecified atom stereocenters. The number of ether oxygens (including phenoxy) is 1. The number of pyridine rings is 1. The summed E-state index contributed by atoms with van der Waals surface area (Å²) in [5, 5.41) is 22.0. The number of anilines is 2. The molecule has 5 rings (SSSR count). The second-order valence-corrected chi connectivity index (χ2v) is 8.71. The van der Waals surface area contributed by atoms with E-state index in [1.165, 1.54) is 11.3 Å². The zero-order chi connectivity index (χ0) is 24.0. The molecule has 3 aromatic heterocycles. The molecule has 11 heteroatoms. The molecule has 0 bridgehead atoms. The van der Waals surface area contributed by atoms with Gasteiger partial charge in [-0.05, 0) is 23.8 Å². The van der Waals surface area contributed by atoms with Gasteiger partial charge in [0.05, 0.1) is 30.4 Å².